The molecule has 7 nitrogen and oxygen atoms in total. The van der Waals surface area contributed by atoms with Crippen molar-refractivity contribution < 1.29 is 4.79 Å². The molecule has 0 spiro atoms. The van der Waals surface area contributed by atoms with Crippen LogP contribution in [0.15, 0.2) is 29.1 Å². The normalized spacial score (nSPS) is 26.4. The Balaban J connectivity index is 1.39. The summed E-state index contributed by atoms with van der Waals surface area (Å²) in [6.07, 6.45) is 7.78. The molecule has 3 aliphatic rings. The molecule has 1 atom stereocenters. The van der Waals surface area contributed by atoms with Gasteiger partial charge in [0.2, 0.25) is 0 Å². The first-order valence-corrected chi connectivity index (χ1v) is 8.71. The van der Waals surface area contributed by atoms with E-state index in [4.69, 9.17) is 0 Å². The third-order valence-corrected chi connectivity index (χ3v) is 5.15. The smallest absolute Gasteiger partial charge is 0.272 e. The second-order valence-corrected chi connectivity index (χ2v) is 7.21. The summed E-state index contributed by atoms with van der Waals surface area (Å²) in [5.41, 5.74) is 0.465. The number of aromatic nitrogens is 4. The highest BCUT2D eigenvalue weighted by Gasteiger charge is 2.35. The topological polar surface area (TPSA) is 68.0 Å². The molecule has 8 heteroatoms. The first kappa shape index (κ1) is 14.9. The number of nitrogens with one attached hydrogen (secondary N) is 1. The molecule has 23 heavy (non-hydrogen) atoms. The van der Waals surface area contributed by atoms with Gasteiger partial charge in [-0.15, -0.1) is 0 Å². The van der Waals surface area contributed by atoms with Crippen LogP contribution in [0.5, 0.6) is 0 Å². The van der Waals surface area contributed by atoms with Crippen molar-refractivity contribution in [2.45, 2.75) is 25.6 Å². The fourth-order valence-electron chi connectivity index (χ4n) is 3.50. The molecular formula is C15H19BrN6O. The van der Waals surface area contributed by atoms with E-state index in [0.29, 0.717) is 18.3 Å². The zero-order valence-corrected chi connectivity index (χ0v) is 14.3. The van der Waals surface area contributed by atoms with E-state index < -0.39 is 0 Å². The van der Waals surface area contributed by atoms with Crippen LogP contribution in [-0.2, 0) is 6.67 Å². The van der Waals surface area contributed by atoms with Gasteiger partial charge in [0, 0.05) is 25.0 Å². The minimum absolute atomic E-state index is 0.0795. The molecule has 0 saturated carbocycles. The molecule has 5 rings (SSSR count). The fraction of sp³-hybridized carbons (Fsp3) is 0.533. The molecule has 3 saturated heterocycles. The quantitative estimate of drug-likeness (QED) is 0.866. The van der Waals surface area contributed by atoms with Crippen LogP contribution in [0, 0.1) is 5.92 Å². The first-order chi connectivity index (χ1) is 11.2. The van der Waals surface area contributed by atoms with Crippen molar-refractivity contribution in [1.29, 1.82) is 0 Å². The number of halogens is 1. The van der Waals surface area contributed by atoms with E-state index in [9.17, 15) is 4.79 Å². The van der Waals surface area contributed by atoms with Gasteiger partial charge in [-0.3, -0.25) is 9.48 Å². The number of amides is 1. The second-order valence-electron chi connectivity index (χ2n) is 6.30. The largest absolute Gasteiger partial charge is 0.346 e. The molecule has 2 bridgehead atoms. The van der Waals surface area contributed by atoms with Gasteiger partial charge in [0.05, 0.1) is 10.7 Å². The van der Waals surface area contributed by atoms with Gasteiger partial charge < -0.3 is 10.2 Å². The number of fused-ring (bicyclic) bond motifs is 3. The third kappa shape index (κ3) is 3.18. The van der Waals surface area contributed by atoms with Crippen LogP contribution < -0.4 is 5.32 Å². The van der Waals surface area contributed by atoms with E-state index in [1.54, 1.807) is 27.8 Å². The standard InChI is InChI=1S/C15H19BrN6O/c16-12-7-17-22(8-12)10-21-6-3-13(19-21)15(23)18-14-9-20-4-1-11(14)2-5-20/h3,6-8,11,14H,1-2,4-5,9-10H2,(H,18,23). The van der Waals surface area contributed by atoms with E-state index in [2.05, 4.69) is 36.3 Å². The molecule has 5 heterocycles. The molecule has 3 aliphatic heterocycles. The SMILES string of the molecule is O=C(NC1CN2CCC1CC2)c1ccn(Cn2cc(Br)cn2)n1. The van der Waals surface area contributed by atoms with Crippen LogP contribution in [0.4, 0.5) is 0 Å². The molecule has 0 radical (unpaired) electrons. The van der Waals surface area contributed by atoms with Crippen LogP contribution in [0.1, 0.15) is 23.3 Å². The van der Waals surface area contributed by atoms with Crippen molar-refractivity contribution in [1.82, 2.24) is 29.8 Å². The van der Waals surface area contributed by atoms with Crippen LogP contribution in [-0.4, -0.2) is 56.0 Å². The molecule has 1 amide bonds. The number of nitrogens with zero attached hydrogens (tertiary/aromatic N) is 5. The lowest BCUT2D eigenvalue weighted by Crippen LogP contribution is -2.57. The Morgan fingerprint density at radius 2 is 2.17 bits per heavy atom. The lowest BCUT2D eigenvalue weighted by molar-refractivity contribution is 0.0617. The van der Waals surface area contributed by atoms with Gasteiger partial charge in [0.1, 0.15) is 12.4 Å². The molecule has 3 fully saturated rings. The maximum Gasteiger partial charge on any atom is 0.272 e. The highest BCUT2D eigenvalue weighted by molar-refractivity contribution is 9.10. The first-order valence-electron chi connectivity index (χ1n) is 7.92. The fourth-order valence-corrected chi connectivity index (χ4v) is 3.82. The van der Waals surface area contributed by atoms with Gasteiger partial charge in [-0.25, -0.2) is 4.68 Å². The van der Waals surface area contributed by atoms with Gasteiger partial charge in [-0.05, 0) is 53.8 Å². The molecule has 1 unspecified atom stereocenters. The van der Waals surface area contributed by atoms with Crippen LogP contribution in [0.3, 0.4) is 0 Å². The van der Waals surface area contributed by atoms with E-state index in [1.165, 1.54) is 25.9 Å². The number of piperidine rings is 3. The average Bonchev–Trinajstić information content (AvgIpc) is 3.18. The molecule has 1 N–H and O–H groups in total. The lowest BCUT2D eigenvalue weighted by Gasteiger charge is -2.44. The Morgan fingerprint density at radius 3 is 2.83 bits per heavy atom. The molecule has 122 valence electrons. The Kier molecular flexibility index (Phi) is 3.94. The van der Waals surface area contributed by atoms with Crippen LogP contribution >= 0.6 is 15.9 Å². The van der Waals surface area contributed by atoms with Gasteiger partial charge in [-0.1, -0.05) is 0 Å². The van der Waals surface area contributed by atoms with Crippen LogP contribution in [0.2, 0.25) is 0 Å². The van der Waals surface area contributed by atoms with Gasteiger partial charge in [0.15, 0.2) is 0 Å². The Labute approximate surface area is 142 Å². The summed E-state index contributed by atoms with van der Waals surface area (Å²) in [6.45, 7) is 3.80. The molecule has 0 aliphatic carbocycles. The Bertz CT molecular complexity index is 702. The van der Waals surface area contributed by atoms with Crippen molar-refractivity contribution in [3.63, 3.8) is 0 Å². The van der Waals surface area contributed by atoms with Crippen LogP contribution in [0.25, 0.3) is 0 Å². The summed E-state index contributed by atoms with van der Waals surface area (Å²) >= 11 is 3.36. The predicted molar refractivity (Wildman–Crippen MR) is 88.0 cm³/mol. The summed E-state index contributed by atoms with van der Waals surface area (Å²) in [5, 5.41) is 11.7. The van der Waals surface area contributed by atoms with E-state index in [0.717, 1.165) is 11.0 Å². The third-order valence-electron chi connectivity index (χ3n) is 4.74. The molecule has 2 aromatic rings. The number of hydrogen-bond donors (Lipinski definition) is 1. The molecule has 2 aromatic heterocycles. The van der Waals surface area contributed by atoms with E-state index >= 15 is 0 Å². The monoisotopic (exact) mass is 378 g/mol. The van der Waals surface area contributed by atoms with Gasteiger partial charge in [-0.2, -0.15) is 10.2 Å². The zero-order valence-electron chi connectivity index (χ0n) is 12.7. The number of hydrogen-bond acceptors (Lipinski definition) is 4. The lowest BCUT2D eigenvalue weighted by atomic mass is 9.84. The maximum absolute atomic E-state index is 12.4. The average molecular weight is 379 g/mol. The number of rotatable bonds is 4. The van der Waals surface area contributed by atoms with E-state index in [1.807, 2.05) is 6.20 Å². The number of carbonyl (C=O) groups excluding carboxylic acids is 1. The minimum Gasteiger partial charge on any atom is -0.346 e. The highest BCUT2D eigenvalue weighted by atomic mass is 79.9. The highest BCUT2D eigenvalue weighted by Crippen LogP contribution is 2.27. The zero-order chi connectivity index (χ0) is 15.8. The summed E-state index contributed by atoms with van der Waals surface area (Å²) in [4.78, 5) is 14.9. The summed E-state index contributed by atoms with van der Waals surface area (Å²) in [5.74, 6) is 0.539. The summed E-state index contributed by atoms with van der Waals surface area (Å²) < 4.78 is 4.39. The van der Waals surface area contributed by atoms with E-state index in [-0.39, 0.29) is 11.9 Å². The number of carbonyl (C=O) groups is 1. The Morgan fingerprint density at radius 1 is 1.35 bits per heavy atom. The molecular weight excluding hydrogens is 360 g/mol. The van der Waals surface area contributed by atoms with Crippen molar-refractivity contribution in [3.05, 3.63) is 34.8 Å². The van der Waals surface area contributed by atoms with Crippen molar-refractivity contribution in [2.24, 2.45) is 5.92 Å². The predicted octanol–water partition coefficient (Wildman–Crippen LogP) is 1.17. The van der Waals surface area contributed by atoms with Gasteiger partial charge in [0.25, 0.3) is 5.91 Å². The minimum atomic E-state index is -0.0795. The van der Waals surface area contributed by atoms with Crippen molar-refractivity contribution in [3.8, 4) is 0 Å². The second kappa shape index (κ2) is 6.09. The summed E-state index contributed by atoms with van der Waals surface area (Å²) in [6, 6.07) is 2.02. The van der Waals surface area contributed by atoms with Crippen molar-refractivity contribution in [2.75, 3.05) is 19.6 Å². The van der Waals surface area contributed by atoms with Crippen molar-refractivity contribution >= 4 is 21.8 Å². The molecule has 0 aromatic carbocycles. The Hall–Kier alpha value is -1.67. The van der Waals surface area contributed by atoms with Gasteiger partial charge >= 0.3 is 0 Å². The summed E-state index contributed by atoms with van der Waals surface area (Å²) in [7, 11) is 0. The maximum atomic E-state index is 12.4.